The average Bonchev–Trinajstić information content (AvgIpc) is 2.64. The molecule has 5 heteroatoms. The van der Waals surface area contributed by atoms with E-state index in [0.29, 0.717) is 17.7 Å². The second-order valence-electron chi connectivity index (χ2n) is 5.80. The summed E-state index contributed by atoms with van der Waals surface area (Å²) in [4.78, 5) is 27.4. The summed E-state index contributed by atoms with van der Waals surface area (Å²) in [6.07, 6.45) is 1.67. The highest BCUT2D eigenvalue weighted by molar-refractivity contribution is 9.10. The molecule has 0 fully saturated rings. The molecule has 1 amide bonds. The Bertz CT molecular complexity index is 833. The molecule has 0 saturated heterocycles. The number of nitrogens with zero attached hydrogens (tertiary/aromatic N) is 1. The molecular formula is C20H18BrNO3. The van der Waals surface area contributed by atoms with Crippen LogP contribution in [0.3, 0.4) is 0 Å². The van der Waals surface area contributed by atoms with Gasteiger partial charge in [-0.1, -0.05) is 58.4 Å². The van der Waals surface area contributed by atoms with E-state index in [-0.39, 0.29) is 11.9 Å². The van der Waals surface area contributed by atoms with E-state index in [1.807, 2.05) is 36.4 Å². The SMILES string of the molecule is C=CCN1C(=O)c2ccccc2[C@H](C(=O)OC)C1c1ccccc1Br. The minimum Gasteiger partial charge on any atom is -0.468 e. The number of benzene rings is 2. The second-order valence-corrected chi connectivity index (χ2v) is 6.65. The third-order valence-corrected chi connectivity index (χ3v) is 5.17. The van der Waals surface area contributed by atoms with Crippen molar-refractivity contribution in [1.29, 1.82) is 0 Å². The molecule has 0 N–H and O–H groups in total. The molecule has 0 aliphatic carbocycles. The number of rotatable bonds is 4. The monoisotopic (exact) mass is 399 g/mol. The van der Waals surface area contributed by atoms with Gasteiger partial charge in [-0.05, 0) is 23.3 Å². The number of fused-ring (bicyclic) bond motifs is 1. The van der Waals surface area contributed by atoms with Gasteiger partial charge < -0.3 is 9.64 Å². The Balaban J connectivity index is 2.26. The first-order valence-electron chi connectivity index (χ1n) is 7.93. The van der Waals surface area contributed by atoms with Crippen LogP contribution in [0.4, 0.5) is 0 Å². The first-order valence-corrected chi connectivity index (χ1v) is 8.72. The molecule has 0 aromatic heterocycles. The van der Waals surface area contributed by atoms with E-state index < -0.39 is 12.0 Å². The Morgan fingerprint density at radius 3 is 2.48 bits per heavy atom. The van der Waals surface area contributed by atoms with Gasteiger partial charge in [0.1, 0.15) is 5.92 Å². The van der Waals surface area contributed by atoms with Crippen molar-refractivity contribution in [1.82, 2.24) is 4.90 Å². The summed E-state index contributed by atoms with van der Waals surface area (Å²) in [5.41, 5.74) is 2.09. The molecule has 2 atom stereocenters. The van der Waals surface area contributed by atoms with Crippen molar-refractivity contribution in [2.45, 2.75) is 12.0 Å². The van der Waals surface area contributed by atoms with Gasteiger partial charge in [0.05, 0.1) is 13.2 Å². The average molecular weight is 400 g/mol. The molecule has 2 aromatic rings. The Morgan fingerprint density at radius 1 is 1.20 bits per heavy atom. The second kappa shape index (κ2) is 7.23. The topological polar surface area (TPSA) is 46.6 Å². The van der Waals surface area contributed by atoms with Gasteiger partial charge in [0.2, 0.25) is 0 Å². The Kier molecular flexibility index (Phi) is 5.04. The lowest BCUT2D eigenvalue weighted by Crippen LogP contribution is -2.45. The van der Waals surface area contributed by atoms with Gasteiger partial charge in [-0.2, -0.15) is 0 Å². The van der Waals surface area contributed by atoms with Crippen molar-refractivity contribution in [3.63, 3.8) is 0 Å². The highest BCUT2D eigenvalue weighted by Gasteiger charge is 2.44. The Hall–Kier alpha value is -2.40. The van der Waals surface area contributed by atoms with E-state index in [4.69, 9.17) is 4.74 Å². The normalized spacial score (nSPS) is 19.3. The molecule has 1 aliphatic rings. The van der Waals surface area contributed by atoms with Crippen LogP contribution in [0.15, 0.2) is 65.7 Å². The van der Waals surface area contributed by atoms with Crippen LogP contribution in [0.2, 0.25) is 0 Å². The summed E-state index contributed by atoms with van der Waals surface area (Å²) in [7, 11) is 1.37. The number of halogens is 1. The van der Waals surface area contributed by atoms with Crippen LogP contribution in [0.1, 0.15) is 33.4 Å². The molecular weight excluding hydrogens is 382 g/mol. The third-order valence-electron chi connectivity index (χ3n) is 4.44. The number of hydrogen-bond acceptors (Lipinski definition) is 3. The number of esters is 1. The maximum atomic E-state index is 13.1. The van der Waals surface area contributed by atoms with Crippen LogP contribution in [0, 0.1) is 0 Å². The first-order chi connectivity index (χ1) is 12.1. The minimum absolute atomic E-state index is 0.114. The lowest BCUT2D eigenvalue weighted by molar-refractivity contribution is -0.144. The zero-order valence-corrected chi connectivity index (χ0v) is 15.4. The smallest absolute Gasteiger partial charge is 0.315 e. The Labute approximate surface area is 155 Å². The van der Waals surface area contributed by atoms with E-state index in [1.54, 1.807) is 23.1 Å². The molecule has 0 radical (unpaired) electrons. The van der Waals surface area contributed by atoms with Gasteiger partial charge in [-0.25, -0.2) is 0 Å². The summed E-state index contributed by atoms with van der Waals surface area (Å²) in [6.45, 7) is 4.10. The van der Waals surface area contributed by atoms with Crippen molar-refractivity contribution in [3.05, 3.63) is 82.3 Å². The first kappa shape index (κ1) is 17.4. The molecule has 0 saturated carbocycles. The van der Waals surface area contributed by atoms with Crippen LogP contribution in [-0.2, 0) is 9.53 Å². The molecule has 2 aromatic carbocycles. The van der Waals surface area contributed by atoms with Crippen LogP contribution >= 0.6 is 15.9 Å². The van der Waals surface area contributed by atoms with Crippen molar-refractivity contribution in [2.24, 2.45) is 0 Å². The van der Waals surface area contributed by atoms with E-state index in [0.717, 1.165) is 10.0 Å². The molecule has 1 unspecified atom stereocenters. The summed E-state index contributed by atoms with van der Waals surface area (Å²) < 4.78 is 5.92. The Morgan fingerprint density at radius 2 is 1.84 bits per heavy atom. The number of hydrogen-bond donors (Lipinski definition) is 0. The van der Waals surface area contributed by atoms with Gasteiger partial charge in [-0.3, -0.25) is 9.59 Å². The molecule has 0 spiro atoms. The largest absolute Gasteiger partial charge is 0.468 e. The van der Waals surface area contributed by atoms with Gasteiger partial charge in [0.25, 0.3) is 5.91 Å². The van der Waals surface area contributed by atoms with E-state index in [9.17, 15) is 9.59 Å². The summed E-state index contributed by atoms with van der Waals surface area (Å²) in [6, 6.07) is 14.4. The van der Waals surface area contributed by atoms with Crippen LogP contribution in [0.5, 0.6) is 0 Å². The van der Waals surface area contributed by atoms with Crippen molar-refractivity contribution in [3.8, 4) is 0 Å². The fourth-order valence-corrected chi connectivity index (χ4v) is 3.89. The van der Waals surface area contributed by atoms with E-state index >= 15 is 0 Å². The maximum Gasteiger partial charge on any atom is 0.315 e. The predicted octanol–water partition coefficient (Wildman–Crippen LogP) is 4.09. The molecule has 4 nitrogen and oxygen atoms in total. The van der Waals surface area contributed by atoms with E-state index in [1.165, 1.54) is 7.11 Å². The lowest BCUT2D eigenvalue weighted by Gasteiger charge is -2.41. The van der Waals surface area contributed by atoms with E-state index in [2.05, 4.69) is 22.5 Å². The molecule has 3 rings (SSSR count). The number of ether oxygens (including phenoxy) is 1. The number of carbonyl (C=O) groups excluding carboxylic acids is 2. The summed E-state index contributed by atoms with van der Waals surface area (Å²) >= 11 is 3.55. The van der Waals surface area contributed by atoms with Gasteiger partial charge in [0.15, 0.2) is 0 Å². The van der Waals surface area contributed by atoms with Gasteiger partial charge in [0, 0.05) is 16.6 Å². The molecule has 25 heavy (non-hydrogen) atoms. The minimum atomic E-state index is -0.599. The maximum absolute atomic E-state index is 13.1. The fraction of sp³-hybridized carbons (Fsp3) is 0.200. The number of methoxy groups -OCH3 is 1. The van der Waals surface area contributed by atoms with Crippen molar-refractivity contribution < 1.29 is 14.3 Å². The van der Waals surface area contributed by atoms with Gasteiger partial charge >= 0.3 is 5.97 Å². The quantitative estimate of drug-likeness (QED) is 0.574. The third kappa shape index (κ3) is 3.00. The summed E-state index contributed by atoms with van der Waals surface area (Å²) in [5.74, 6) is -1.08. The molecule has 0 bridgehead atoms. The standard InChI is InChI=1S/C20H18BrNO3/c1-3-12-22-18(15-10-6-7-11-16(15)21)17(20(24)25-2)13-8-4-5-9-14(13)19(22)23/h3-11,17-18H,1,12H2,2H3/t17-,18?/m0/s1. The number of carbonyl (C=O) groups is 2. The molecule has 1 aliphatic heterocycles. The molecule has 1 heterocycles. The van der Waals surface area contributed by atoms with Crippen molar-refractivity contribution >= 4 is 27.8 Å². The predicted molar refractivity (Wildman–Crippen MR) is 99.3 cm³/mol. The number of amides is 1. The highest BCUT2D eigenvalue weighted by Crippen LogP contribution is 2.45. The zero-order valence-electron chi connectivity index (χ0n) is 13.8. The molecule has 128 valence electrons. The fourth-order valence-electron chi connectivity index (χ4n) is 3.37. The van der Waals surface area contributed by atoms with Crippen LogP contribution < -0.4 is 0 Å². The lowest BCUT2D eigenvalue weighted by atomic mass is 9.79. The van der Waals surface area contributed by atoms with Crippen LogP contribution in [-0.4, -0.2) is 30.4 Å². The van der Waals surface area contributed by atoms with Crippen LogP contribution in [0.25, 0.3) is 0 Å². The highest BCUT2D eigenvalue weighted by atomic mass is 79.9. The zero-order chi connectivity index (χ0) is 18.0. The van der Waals surface area contributed by atoms with Gasteiger partial charge in [-0.15, -0.1) is 6.58 Å². The summed E-state index contributed by atoms with van der Waals surface area (Å²) in [5, 5.41) is 0. The van der Waals surface area contributed by atoms with Crippen molar-refractivity contribution in [2.75, 3.05) is 13.7 Å².